The molecule has 2 rings (SSSR count). The van der Waals surface area contributed by atoms with Crippen molar-refractivity contribution in [1.82, 2.24) is 0 Å². The lowest BCUT2D eigenvalue weighted by Gasteiger charge is -2.36. The van der Waals surface area contributed by atoms with Crippen LogP contribution < -0.4 is 9.16 Å². The molecule has 0 aliphatic carbocycles. The van der Waals surface area contributed by atoms with Gasteiger partial charge in [0.05, 0.1) is 0 Å². The molecule has 0 radical (unpaired) electrons. The van der Waals surface area contributed by atoms with Crippen molar-refractivity contribution in [2.75, 3.05) is 0 Å². The van der Waals surface area contributed by atoms with E-state index in [4.69, 9.17) is 9.16 Å². The predicted octanol–water partition coefficient (Wildman–Crippen LogP) is 5.34. The first kappa shape index (κ1) is 16.2. The van der Waals surface area contributed by atoms with Gasteiger partial charge in [0.25, 0.3) is 0 Å². The molecule has 0 spiro atoms. The minimum Gasteiger partial charge on any atom is -0.543 e. The van der Waals surface area contributed by atoms with E-state index in [1.165, 1.54) is 5.56 Å². The van der Waals surface area contributed by atoms with E-state index >= 15 is 0 Å². The highest BCUT2D eigenvalue weighted by Crippen LogP contribution is 2.39. The minimum absolute atomic E-state index is 0.217. The van der Waals surface area contributed by atoms with Crippen molar-refractivity contribution < 1.29 is 9.16 Å². The van der Waals surface area contributed by atoms with Crippen molar-refractivity contribution in [2.45, 2.75) is 64.3 Å². The van der Waals surface area contributed by atoms with Crippen LogP contribution in [-0.2, 0) is 6.42 Å². The van der Waals surface area contributed by atoms with E-state index in [1.54, 1.807) is 0 Å². The average molecular weight is 305 g/mol. The maximum Gasteiger partial charge on any atom is 0.250 e. The van der Waals surface area contributed by atoms with E-state index in [0.29, 0.717) is 0 Å². The van der Waals surface area contributed by atoms with E-state index in [9.17, 15) is 0 Å². The van der Waals surface area contributed by atoms with Crippen LogP contribution in [0, 0.1) is 0 Å². The Balaban J connectivity index is 2.14. The summed E-state index contributed by atoms with van der Waals surface area (Å²) in [6.07, 6.45) is 5.25. The summed E-state index contributed by atoms with van der Waals surface area (Å²) in [5.74, 6) is 2.00. The van der Waals surface area contributed by atoms with Gasteiger partial charge in [0, 0.05) is 6.42 Å². The number of hydrogen-bond donors (Lipinski definition) is 0. The molecule has 0 aromatic heterocycles. The Labute approximate surface area is 130 Å². The van der Waals surface area contributed by atoms with Gasteiger partial charge in [0.1, 0.15) is 17.6 Å². The van der Waals surface area contributed by atoms with Gasteiger partial charge in [-0.2, -0.15) is 0 Å². The fourth-order valence-corrected chi connectivity index (χ4v) is 3.31. The maximum absolute atomic E-state index is 6.37. The molecule has 1 aliphatic rings. The van der Waals surface area contributed by atoms with Crippen LogP contribution in [0.4, 0.5) is 0 Å². The Morgan fingerprint density at radius 2 is 2.10 bits per heavy atom. The van der Waals surface area contributed by atoms with Crippen molar-refractivity contribution in [2.24, 2.45) is 0 Å². The molecule has 1 aromatic carbocycles. The van der Waals surface area contributed by atoms with Gasteiger partial charge in [-0.25, -0.2) is 0 Å². The molecule has 0 fully saturated rings. The zero-order valence-corrected chi connectivity index (χ0v) is 15.0. The molecule has 0 bridgehead atoms. The molecular weight excluding hydrogens is 276 g/mol. The number of rotatable bonds is 4. The molecule has 3 heteroatoms. The van der Waals surface area contributed by atoms with E-state index in [1.807, 2.05) is 6.08 Å². The molecule has 1 aliphatic heterocycles. The van der Waals surface area contributed by atoms with Gasteiger partial charge in [-0.05, 0) is 54.7 Å². The molecule has 1 heterocycles. The van der Waals surface area contributed by atoms with Gasteiger partial charge in [0.2, 0.25) is 8.32 Å². The maximum atomic E-state index is 6.37. The monoisotopic (exact) mass is 304 g/mol. The normalized spacial score (nSPS) is 18.6. The number of hydrogen-bond acceptors (Lipinski definition) is 2. The highest BCUT2D eigenvalue weighted by molar-refractivity contribution is 6.74. The van der Waals surface area contributed by atoms with Crippen molar-refractivity contribution in [3.8, 4) is 11.5 Å². The Kier molecular flexibility index (Phi) is 4.52. The predicted molar refractivity (Wildman–Crippen MR) is 91.8 cm³/mol. The largest absolute Gasteiger partial charge is 0.543 e. The third-order valence-electron chi connectivity index (χ3n) is 4.67. The van der Waals surface area contributed by atoms with Gasteiger partial charge in [0.15, 0.2) is 0 Å². The van der Waals surface area contributed by atoms with E-state index < -0.39 is 8.32 Å². The van der Waals surface area contributed by atoms with Crippen LogP contribution in [0.5, 0.6) is 11.5 Å². The summed E-state index contributed by atoms with van der Waals surface area (Å²) < 4.78 is 12.4. The van der Waals surface area contributed by atoms with Gasteiger partial charge in [-0.1, -0.05) is 26.8 Å². The molecule has 0 amide bonds. The molecule has 2 nitrogen and oxygen atoms in total. The second kappa shape index (κ2) is 5.88. The van der Waals surface area contributed by atoms with Crippen LogP contribution in [0.25, 0.3) is 0 Å². The second-order valence-electron chi connectivity index (χ2n) is 7.43. The van der Waals surface area contributed by atoms with Crippen LogP contribution in [0.2, 0.25) is 18.1 Å². The highest BCUT2D eigenvalue weighted by Gasteiger charge is 2.39. The van der Waals surface area contributed by atoms with Gasteiger partial charge in [-0.3, -0.25) is 0 Å². The lowest BCUT2D eigenvalue weighted by Crippen LogP contribution is -2.43. The summed E-state index contributed by atoms with van der Waals surface area (Å²) in [7, 11) is -1.77. The van der Waals surface area contributed by atoms with Crippen molar-refractivity contribution >= 4 is 8.32 Å². The number of benzene rings is 1. The van der Waals surface area contributed by atoms with Gasteiger partial charge < -0.3 is 9.16 Å². The fraction of sp³-hybridized carbons (Fsp3) is 0.556. The quantitative estimate of drug-likeness (QED) is 0.552. The molecule has 1 aromatic rings. The van der Waals surface area contributed by atoms with Crippen LogP contribution in [0.3, 0.4) is 0 Å². The Bertz CT molecular complexity index is 514. The first-order valence-corrected chi connectivity index (χ1v) is 10.7. The molecule has 0 saturated heterocycles. The minimum atomic E-state index is -1.77. The third kappa shape index (κ3) is 3.70. The van der Waals surface area contributed by atoms with Crippen molar-refractivity contribution in [3.63, 3.8) is 0 Å². The lowest BCUT2D eigenvalue weighted by molar-refractivity contribution is 0.176. The molecule has 21 heavy (non-hydrogen) atoms. The smallest absolute Gasteiger partial charge is 0.250 e. The number of aryl methyl sites for hydroxylation is 1. The average Bonchev–Trinajstić information content (AvgIpc) is 2.37. The Morgan fingerprint density at radius 1 is 1.38 bits per heavy atom. The van der Waals surface area contributed by atoms with Crippen LogP contribution >= 0.6 is 0 Å². The first-order chi connectivity index (χ1) is 9.73. The molecular formula is C18H28O2Si. The number of ether oxygens (including phenoxy) is 1. The number of fused-ring (bicyclic) bond motifs is 1. The molecule has 1 unspecified atom stereocenters. The SMILES string of the molecule is C=CCC1CCc2cc(O[Si](C)(C)C(C)(C)C)ccc2O1. The van der Waals surface area contributed by atoms with Crippen LogP contribution in [-0.4, -0.2) is 14.4 Å². The van der Waals surface area contributed by atoms with Crippen LogP contribution in [0.15, 0.2) is 30.9 Å². The zero-order chi connectivity index (χ0) is 15.7. The standard InChI is InChI=1S/C18H28O2Si/c1-7-8-15-10-9-14-13-16(11-12-17(14)19-15)20-21(5,6)18(2,3)4/h7,11-13,15H,1,8-10H2,2-6H3. The first-order valence-electron chi connectivity index (χ1n) is 7.82. The second-order valence-corrected chi connectivity index (χ2v) is 12.2. The summed E-state index contributed by atoms with van der Waals surface area (Å²) in [6, 6.07) is 6.28. The van der Waals surface area contributed by atoms with Gasteiger partial charge >= 0.3 is 0 Å². The third-order valence-corrected chi connectivity index (χ3v) is 9.03. The lowest BCUT2D eigenvalue weighted by atomic mass is 10.0. The summed E-state index contributed by atoms with van der Waals surface area (Å²) in [5, 5.41) is 0.217. The Morgan fingerprint density at radius 3 is 2.71 bits per heavy atom. The topological polar surface area (TPSA) is 18.5 Å². The van der Waals surface area contributed by atoms with Crippen molar-refractivity contribution in [1.29, 1.82) is 0 Å². The van der Waals surface area contributed by atoms with E-state index in [-0.39, 0.29) is 11.1 Å². The highest BCUT2D eigenvalue weighted by atomic mass is 28.4. The van der Waals surface area contributed by atoms with Gasteiger partial charge in [-0.15, -0.1) is 6.58 Å². The Hall–Kier alpha value is -1.22. The molecule has 116 valence electrons. The molecule has 0 saturated carbocycles. The summed E-state index contributed by atoms with van der Waals surface area (Å²) in [4.78, 5) is 0. The summed E-state index contributed by atoms with van der Waals surface area (Å²) in [5.41, 5.74) is 1.27. The van der Waals surface area contributed by atoms with E-state index in [2.05, 4.69) is 58.6 Å². The van der Waals surface area contributed by atoms with Crippen molar-refractivity contribution in [3.05, 3.63) is 36.4 Å². The zero-order valence-electron chi connectivity index (χ0n) is 14.0. The summed E-state index contributed by atoms with van der Waals surface area (Å²) in [6.45, 7) is 15.1. The van der Waals surface area contributed by atoms with Crippen LogP contribution in [0.1, 0.15) is 39.2 Å². The molecule has 0 N–H and O–H groups in total. The molecule has 1 atom stereocenters. The van der Waals surface area contributed by atoms with E-state index in [0.717, 1.165) is 30.8 Å². The summed E-state index contributed by atoms with van der Waals surface area (Å²) >= 11 is 0. The fourth-order valence-electron chi connectivity index (χ4n) is 2.28.